The summed E-state index contributed by atoms with van der Waals surface area (Å²) in [6, 6.07) is 0. The van der Waals surface area contributed by atoms with Crippen LogP contribution < -0.4 is 4.74 Å². The van der Waals surface area contributed by atoms with E-state index in [-0.39, 0.29) is 27.6 Å². The third kappa shape index (κ3) is 4.14. The van der Waals surface area contributed by atoms with Crippen LogP contribution in [-0.4, -0.2) is 17.8 Å². The predicted octanol–water partition coefficient (Wildman–Crippen LogP) is 2.87. The number of halogens is 1. The molecule has 0 aliphatic heterocycles. The lowest BCUT2D eigenvalue weighted by atomic mass is 10.5. The van der Waals surface area contributed by atoms with Gasteiger partial charge in [0.15, 0.2) is 0 Å². The minimum Gasteiger partial charge on any atom is -0.462 e. The van der Waals surface area contributed by atoms with Crippen molar-refractivity contribution in [2.24, 2.45) is 0 Å². The smallest absolute Gasteiger partial charge is 0.316 e. The van der Waals surface area contributed by atoms with E-state index in [1.165, 1.54) is 22.1 Å². The molecule has 0 atom stereocenters. The van der Waals surface area contributed by atoms with Gasteiger partial charge in [-0.3, -0.25) is 9.59 Å². The van der Waals surface area contributed by atoms with Crippen LogP contribution in [0.2, 0.25) is 5.02 Å². The van der Waals surface area contributed by atoms with Crippen molar-refractivity contribution in [3.05, 3.63) is 14.6 Å². The van der Waals surface area contributed by atoms with E-state index in [1.807, 2.05) is 0 Å². The summed E-state index contributed by atoms with van der Waals surface area (Å²) in [4.78, 5) is 22.2. The molecule has 0 aromatic carbocycles. The number of ether oxygens (including phenoxy) is 1. The molecule has 1 heterocycles. The predicted molar refractivity (Wildman–Crippen MR) is 65.4 cm³/mol. The second-order valence-corrected chi connectivity index (χ2v) is 6.62. The topological polar surface area (TPSA) is 43.4 Å². The SMILES string of the molecule is CC(C)OC(=O)CSc1ssc(=O)c1Cl. The van der Waals surface area contributed by atoms with E-state index >= 15 is 0 Å². The highest BCUT2D eigenvalue weighted by Crippen LogP contribution is 2.31. The Balaban J connectivity index is 2.47. The van der Waals surface area contributed by atoms with Gasteiger partial charge in [0.2, 0.25) is 0 Å². The zero-order chi connectivity index (χ0) is 11.4. The van der Waals surface area contributed by atoms with Gasteiger partial charge in [-0.25, -0.2) is 0 Å². The first-order valence-electron chi connectivity index (χ1n) is 4.11. The van der Waals surface area contributed by atoms with Crippen LogP contribution in [0.25, 0.3) is 0 Å². The first-order chi connectivity index (χ1) is 7.00. The van der Waals surface area contributed by atoms with Gasteiger partial charge in [0.1, 0.15) is 5.02 Å². The molecule has 0 aliphatic carbocycles. The van der Waals surface area contributed by atoms with Crippen LogP contribution in [0, 0.1) is 0 Å². The molecule has 3 nitrogen and oxygen atoms in total. The maximum Gasteiger partial charge on any atom is 0.316 e. The molecule has 1 aromatic heterocycles. The van der Waals surface area contributed by atoms with Crippen molar-refractivity contribution < 1.29 is 9.53 Å². The fourth-order valence-electron chi connectivity index (χ4n) is 0.741. The zero-order valence-electron chi connectivity index (χ0n) is 8.11. The number of hydrogen-bond donors (Lipinski definition) is 0. The highest BCUT2D eigenvalue weighted by Gasteiger charge is 2.12. The molecule has 0 saturated carbocycles. The van der Waals surface area contributed by atoms with Gasteiger partial charge in [0, 0.05) is 0 Å². The van der Waals surface area contributed by atoms with Gasteiger partial charge in [0.25, 0.3) is 4.74 Å². The summed E-state index contributed by atoms with van der Waals surface area (Å²) in [5, 5.41) is 0.215. The lowest BCUT2D eigenvalue weighted by Crippen LogP contribution is -2.13. The Kier molecular flexibility index (Phi) is 5.11. The Morgan fingerprint density at radius 1 is 1.53 bits per heavy atom. The van der Waals surface area contributed by atoms with Crippen LogP contribution in [0.5, 0.6) is 0 Å². The van der Waals surface area contributed by atoms with E-state index in [9.17, 15) is 9.59 Å². The molecule has 0 spiro atoms. The highest BCUT2D eigenvalue weighted by atomic mass is 35.5. The third-order valence-electron chi connectivity index (χ3n) is 1.24. The lowest BCUT2D eigenvalue weighted by Gasteiger charge is -2.06. The van der Waals surface area contributed by atoms with Crippen LogP contribution >= 0.6 is 44.0 Å². The molecule has 0 N–H and O–H groups in total. The Morgan fingerprint density at radius 3 is 2.67 bits per heavy atom. The molecule has 0 saturated heterocycles. The third-order valence-corrected chi connectivity index (χ3v) is 5.70. The molecule has 1 aromatic rings. The lowest BCUT2D eigenvalue weighted by molar-refractivity contribution is -0.144. The van der Waals surface area contributed by atoms with Crippen LogP contribution in [-0.2, 0) is 9.53 Å². The summed E-state index contributed by atoms with van der Waals surface area (Å²) in [5.74, 6) is -0.109. The van der Waals surface area contributed by atoms with E-state index in [2.05, 4.69) is 0 Å². The second-order valence-electron chi connectivity index (χ2n) is 2.88. The van der Waals surface area contributed by atoms with Crippen LogP contribution in [0.1, 0.15) is 13.8 Å². The monoisotopic (exact) mass is 284 g/mol. The molecule has 0 unspecified atom stereocenters. The minimum absolute atomic E-state index is 0.116. The maximum atomic E-state index is 11.2. The molecule has 0 bridgehead atoms. The van der Waals surface area contributed by atoms with Gasteiger partial charge in [-0.15, -0.1) is 11.8 Å². The van der Waals surface area contributed by atoms with Gasteiger partial charge >= 0.3 is 5.97 Å². The van der Waals surface area contributed by atoms with Crippen molar-refractivity contribution in [3.63, 3.8) is 0 Å². The van der Waals surface area contributed by atoms with Crippen molar-refractivity contribution in [2.45, 2.75) is 24.2 Å². The van der Waals surface area contributed by atoms with Gasteiger partial charge < -0.3 is 4.74 Å². The van der Waals surface area contributed by atoms with Crippen LogP contribution in [0.4, 0.5) is 0 Å². The molecule has 15 heavy (non-hydrogen) atoms. The number of hydrogen-bond acceptors (Lipinski definition) is 6. The number of carbonyl (C=O) groups excluding carboxylic acids is 1. The summed E-state index contributed by atoms with van der Waals surface area (Å²) < 4.78 is 5.48. The molecule has 0 fully saturated rings. The normalized spacial score (nSPS) is 10.7. The molecule has 84 valence electrons. The maximum absolute atomic E-state index is 11.2. The van der Waals surface area contributed by atoms with Crippen molar-refractivity contribution in [1.29, 1.82) is 0 Å². The van der Waals surface area contributed by atoms with Gasteiger partial charge in [-0.05, 0) is 24.2 Å². The molecular weight excluding hydrogens is 276 g/mol. The van der Waals surface area contributed by atoms with Gasteiger partial charge in [-0.1, -0.05) is 21.9 Å². The van der Waals surface area contributed by atoms with Crippen molar-refractivity contribution in [3.8, 4) is 0 Å². The number of carbonyl (C=O) groups is 1. The molecule has 7 heteroatoms. The summed E-state index contributed by atoms with van der Waals surface area (Å²) >= 11 is 6.97. The molecule has 1 rings (SSSR count). The molecule has 0 amide bonds. The Labute approximate surface area is 104 Å². The first-order valence-corrected chi connectivity index (χ1v) is 7.63. The minimum atomic E-state index is -0.295. The van der Waals surface area contributed by atoms with Crippen LogP contribution in [0.3, 0.4) is 0 Å². The zero-order valence-corrected chi connectivity index (χ0v) is 11.3. The quantitative estimate of drug-likeness (QED) is 0.484. The first kappa shape index (κ1) is 13.0. The standard InChI is InChI=1S/C8H9ClO3S3/c1-4(2)12-5(10)3-13-8-6(9)7(11)14-15-8/h4H,3H2,1-2H3. The summed E-state index contributed by atoms with van der Waals surface area (Å²) in [6.45, 7) is 3.58. The number of esters is 1. The van der Waals surface area contributed by atoms with E-state index in [0.29, 0.717) is 4.21 Å². The largest absolute Gasteiger partial charge is 0.462 e. The molecule has 0 radical (unpaired) electrons. The Hall–Kier alpha value is -0.0400. The average Bonchev–Trinajstić information content (AvgIpc) is 2.44. The summed E-state index contributed by atoms with van der Waals surface area (Å²) in [7, 11) is 2.37. The van der Waals surface area contributed by atoms with Gasteiger partial charge in [-0.2, -0.15) is 0 Å². The second kappa shape index (κ2) is 5.89. The van der Waals surface area contributed by atoms with Crippen molar-refractivity contribution in [2.75, 3.05) is 5.75 Å². The fourth-order valence-corrected chi connectivity index (χ4v) is 4.63. The molecular formula is C8H9ClO3S3. The highest BCUT2D eigenvalue weighted by molar-refractivity contribution is 8.03. The Bertz CT molecular complexity index is 396. The van der Waals surface area contributed by atoms with Gasteiger partial charge in [0.05, 0.1) is 16.1 Å². The fraction of sp³-hybridized carbons (Fsp3) is 0.500. The summed E-state index contributed by atoms with van der Waals surface area (Å²) in [5.41, 5.74) is 0. The van der Waals surface area contributed by atoms with E-state index < -0.39 is 0 Å². The number of rotatable bonds is 4. The van der Waals surface area contributed by atoms with E-state index in [4.69, 9.17) is 16.3 Å². The number of thioether (sulfide) groups is 1. The Morgan fingerprint density at radius 2 is 2.20 bits per heavy atom. The molecule has 0 aliphatic rings. The van der Waals surface area contributed by atoms with E-state index in [0.717, 1.165) is 10.3 Å². The average molecular weight is 285 g/mol. The van der Waals surface area contributed by atoms with Crippen molar-refractivity contribution >= 4 is 50.0 Å². The van der Waals surface area contributed by atoms with E-state index in [1.54, 1.807) is 13.8 Å². The summed E-state index contributed by atoms with van der Waals surface area (Å²) in [6.07, 6.45) is -0.116. The van der Waals surface area contributed by atoms with Crippen molar-refractivity contribution in [1.82, 2.24) is 0 Å². The van der Waals surface area contributed by atoms with Crippen LogP contribution in [0.15, 0.2) is 9.00 Å².